The van der Waals surface area contributed by atoms with E-state index in [1.807, 2.05) is 13.8 Å². The summed E-state index contributed by atoms with van der Waals surface area (Å²) in [6.07, 6.45) is 3.49. The van der Waals surface area contributed by atoms with Gasteiger partial charge < -0.3 is 15.8 Å². The first-order chi connectivity index (χ1) is 7.16. The number of unbranched alkanes of at least 4 members (excludes halogenated alkanes) is 1. The minimum Gasteiger partial charge on any atom is -0.379 e. The Hall–Kier alpha value is -0.770. The lowest BCUT2D eigenvalue weighted by atomic mass is 10.3. The van der Waals surface area contributed by atoms with Gasteiger partial charge in [0, 0.05) is 19.7 Å². The van der Waals surface area contributed by atoms with Crippen molar-refractivity contribution >= 4 is 5.96 Å². The van der Waals surface area contributed by atoms with Gasteiger partial charge >= 0.3 is 0 Å². The maximum Gasteiger partial charge on any atom is 0.188 e. The van der Waals surface area contributed by atoms with E-state index < -0.39 is 0 Å². The Morgan fingerprint density at radius 1 is 1.40 bits per heavy atom. The summed E-state index contributed by atoms with van der Waals surface area (Å²) in [6.45, 7) is 8.68. The van der Waals surface area contributed by atoms with Crippen molar-refractivity contribution in [2.75, 3.05) is 19.7 Å². The number of guanidine groups is 1. The zero-order valence-electron chi connectivity index (χ0n) is 10.3. The highest BCUT2D eigenvalue weighted by Gasteiger charge is 1.94. The summed E-state index contributed by atoms with van der Waals surface area (Å²) >= 11 is 0. The van der Waals surface area contributed by atoms with E-state index in [0.717, 1.165) is 39.0 Å². The highest BCUT2D eigenvalue weighted by Crippen LogP contribution is 1.93. The maximum atomic E-state index is 5.63. The first kappa shape index (κ1) is 14.2. The molecule has 0 heterocycles. The molecule has 4 heteroatoms. The largest absolute Gasteiger partial charge is 0.379 e. The van der Waals surface area contributed by atoms with Gasteiger partial charge in [-0.25, -0.2) is 0 Å². The number of rotatable bonds is 8. The number of hydrogen-bond donors (Lipinski definition) is 2. The lowest BCUT2D eigenvalue weighted by Crippen LogP contribution is -2.32. The van der Waals surface area contributed by atoms with Crippen molar-refractivity contribution in [3.8, 4) is 0 Å². The maximum absolute atomic E-state index is 5.63. The Balaban J connectivity index is 3.23. The standard InChI is InChI=1S/C11H25N3O/c1-4-7-13-11(12)14-8-5-6-9-15-10(2)3/h10H,4-9H2,1-3H3,(H3,12,13,14). The molecule has 0 aliphatic heterocycles. The molecule has 0 atom stereocenters. The SMILES string of the molecule is CCCN=C(N)NCCCCOC(C)C. The van der Waals surface area contributed by atoms with Crippen molar-refractivity contribution in [1.29, 1.82) is 0 Å². The van der Waals surface area contributed by atoms with E-state index in [1.165, 1.54) is 0 Å². The van der Waals surface area contributed by atoms with Gasteiger partial charge in [-0.3, -0.25) is 4.99 Å². The average Bonchev–Trinajstić information content (AvgIpc) is 2.19. The molecule has 4 nitrogen and oxygen atoms in total. The Labute approximate surface area is 93.3 Å². The molecule has 0 saturated heterocycles. The second kappa shape index (κ2) is 9.77. The average molecular weight is 215 g/mol. The van der Waals surface area contributed by atoms with E-state index in [4.69, 9.17) is 10.5 Å². The van der Waals surface area contributed by atoms with Crippen LogP contribution < -0.4 is 11.1 Å². The molecule has 0 fully saturated rings. The zero-order chi connectivity index (χ0) is 11.5. The third-order valence-corrected chi connectivity index (χ3v) is 1.83. The van der Waals surface area contributed by atoms with Crippen LogP contribution in [0, 0.1) is 0 Å². The molecule has 0 aliphatic rings. The molecule has 0 unspecified atom stereocenters. The van der Waals surface area contributed by atoms with Gasteiger partial charge in [0.1, 0.15) is 0 Å². The first-order valence-electron chi connectivity index (χ1n) is 5.82. The molecular formula is C11H25N3O. The van der Waals surface area contributed by atoms with E-state index in [-0.39, 0.29) is 0 Å². The van der Waals surface area contributed by atoms with Crippen LogP contribution in [0.1, 0.15) is 40.0 Å². The lowest BCUT2D eigenvalue weighted by Gasteiger charge is -2.08. The number of hydrogen-bond acceptors (Lipinski definition) is 2. The molecule has 0 radical (unpaired) electrons. The van der Waals surface area contributed by atoms with Gasteiger partial charge in [0.25, 0.3) is 0 Å². The third kappa shape index (κ3) is 11.2. The molecule has 0 aromatic heterocycles. The predicted octanol–water partition coefficient (Wildman–Crippen LogP) is 1.51. The van der Waals surface area contributed by atoms with Crippen LogP contribution in [0.4, 0.5) is 0 Å². The van der Waals surface area contributed by atoms with Crippen LogP contribution in [0.25, 0.3) is 0 Å². The molecule has 0 bridgehead atoms. The van der Waals surface area contributed by atoms with E-state index in [0.29, 0.717) is 12.1 Å². The fourth-order valence-corrected chi connectivity index (χ4v) is 1.05. The molecule has 0 aliphatic carbocycles. The smallest absolute Gasteiger partial charge is 0.188 e. The molecule has 15 heavy (non-hydrogen) atoms. The Bertz CT molecular complexity index is 169. The summed E-state index contributed by atoms with van der Waals surface area (Å²) in [4.78, 5) is 4.14. The van der Waals surface area contributed by atoms with Crippen LogP contribution in [0.15, 0.2) is 4.99 Å². The molecule has 0 saturated carbocycles. The van der Waals surface area contributed by atoms with Crippen molar-refractivity contribution in [3.63, 3.8) is 0 Å². The summed E-state index contributed by atoms with van der Waals surface area (Å²) in [5, 5.41) is 3.08. The van der Waals surface area contributed by atoms with Crippen LogP contribution in [0.5, 0.6) is 0 Å². The Morgan fingerprint density at radius 3 is 2.73 bits per heavy atom. The first-order valence-corrected chi connectivity index (χ1v) is 5.82. The highest BCUT2D eigenvalue weighted by molar-refractivity contribution is 5.77. The van der Waals surface area contributed by atoms with Crippen LogP contribution >= 0.6 is 0 Å². The van der Waals surface area contributed by atoms with Gasteiger partial charge in [-0.15, -0.1) is 0 Å². The second-order valence-electron chi connectivity index (χ2n) is 3.82. The van der Waals surface area contributed by atoms with Gasteiger partial charge in [-0.1, -0.05) is 6.92 Å². The zero-order valence-corrected chi connectivity index (χ0v) is 10.3. The summed E-state index contributed by atoms with van der Waals surface area (Å²) in [7, 11) is 0. The van der Waals surface area contributed by atoms with Crippen LogP contribution in [-0.2, 0) is 4.74 Å². The fourth-order valence-electron chi connectivity index (χ4n) is 1.05. The third-order valence-electron chi connectivity index (χ3n) is 1.83. The van der Waals surface area contributed by atoms with E-state index in [2.05, 4.69) is 17.2 Å². The molecule has 0 rings (SSSR count). The van der Waals surface area contributed by atoms with Crippen molar-refractivity contribution in [2.45, 2.75) is 46.1 Å². The van der Waals surface area contributed by atoms with Gasteiger partial charge in [0.05, 0.1) is 6.10 Å². The van der Waals surface area contributed by atoms with Crippen molar-refractivity contribution in [2.24, 2.45) is 10.7 Å². The molecule has 0 aromatic carbocycles. The van der Waals surface area contributed by atoms with Gasteiger partial charge in [0.2, 0.25) is 0 Å². The van der Waals surface area contributed by atoms with Crippen LogP contribution in [0.3, 0.4) is 0 Å². The van der Waals surface area contributed by atoms with Gasteiger partial charge in [-0.05, 0) is 33.1 Å². The molecule has 3 N–H and O–H groups in total. The van der Waals surface area contributed by atoms with E-state index in [1.54, 1.807) is 0 Å². The van der Waals surface area contributed by atoms with Crippen LogP contribution in [-0.4, -0.2) is 31.8 Å². The van der Waals surface area contributed by atoms with Crippen LogP contribution in [0.2, 0.25) is 0 Å². The van der Waals surface area contributed by atoms with Crippen molar-refractivity contribution in [3.05, 3.63) is 0 Å². The monoisotopic (exact) mass is 215 g/mol. The fraction of sp³-hybridized carbons (Fsp3) is 0.909. The number of nitrogens with zero attached hydrogens (tertiary/aromatic N) is 1. The summed E-state index contributed by atoms with van der Waals surface area (Å²) in [5.41, 5.74) is 5.63. The summed E-state index contributed by atoms with van der Waals surface area (Å²) < 4.78 is 5.42. The molecular weight excluding hydrogens is 190 g/mol. The summed E-state index contributed by atoms with van der Waals surface area (Å²) in [6, 6.07) is 0. The van der Waals surface area contributed by atoms with Gasteiger partial charge in [-0.2, -0.15) is 0 Å². The minimum atomic E-state index is 0.328. The summed E-state index contributed by atoms with van der Waals surface area (Å²) in [5.74, 6) is 0.557. The van der Waals surface area contributed by atoms with Crippen molar-refractivity contribution < 1.29 is 4.74 Å². The number of ether oxygens (including phenoxy) is 1. The Kier molecular flexibility index (Phi) is 9.27. The molecule has 0 aromatic rings. The number of nitrogens with two attached hydrogens (primary N) is 1. The predicted molar refractivity (Wildman–Crippen MR) is 65.1 cm³/mol. The van der Waals surface area contributed by atoms with E-state index >= 15 is 0 Å². The highest BCUT2D eigenvalue weighted by atomic mass is 16.5. The van der Waals surface area contributed by atoms with Crippen molar-refractivity contribution in [1.82, 2.24) is 5.32 Å². The normalized spacial score (nSPS) is 12.1. The lowest BCUT2D eigenvalue weighted by molar-refractivity contribution is 0.0762. The second-order valence-corrected chi connectivity index (χ2v) is 3.82. The molecule has 90 valence electrons. The Morgan fingerprint density at radius 2 is 2.13 bits per heavy atom. The number of nitrogens with one attached hydrogen (secondary N) is 1. The minimum absolute atomic E-state index is 0.328. The van der Waals surface area contributed by atoms with Gasteiger partial charge in [0.15, 0.2) is 5.96 Å². The topological polar surface area (TPSA) is 59.6 Å². The van der Waals surface area contributed by atoms with E-state index in [9.17, 15) is 0 Å². The number of aliphatic imine (C=N–C) groups is 1. The quantitative estimate of drug-likeness (QED) is 0.366. The molecule has 0 amide bonds. The molecule has 0 spiro atoms.